The van der Waals surface area contributed by atoms with Gasteiger partial charge in [0.1, 0.15) is 11.6 Å². The maximum atomic E-state index is 9.03. The number of β-amino-alcohol motifs (C(OH)–C–C–N with tert-alkyl or cyclic N) is 1. The summed E-state index contributed by atoms with van der Waals surface area (Å²) in [5.41, 5.74) is 0. The van der Waals surface area contributed by atoms with Gasteiger partial charge >= 0.3 is 0 Å². The van der Waals surface area contributed by atoms with Crippen LogP contribution in [-0.2, 0) is 0 Å². The van der Waals surface area contributed by atoms with E-state index in [1.54, 1.807) is 6.20 Å². The Morgan fingerprint density at radius 3 is 2.95 bits per heavy atom. The Morgan fingerprint density at radius 2 is 2.15 bits per heavy atom. The molecule has 2 rings (SSSR count). The van der Waals surface area contributed by atoms with Crippen molar-refractivity contribution in [3.05, 3.63) is 12.4 Å². The first kappa shape index (κ1) is 15.0. The van der Waals surface area contributed by atoms with Crippen molar-refractivity contribution in [2.24, 2.45) is 0 Å². The lowest BCUT2D eigenvalue weighted by atomic mass is 10.4. The standard InChI is InChI=1S/C14H25N5O/c1-2-4-16-13-11-15-12-14(17-13)19-6-3-5-18(7-8-19)9-10-20/h11-12,20H,2-10H2,1H3,(H,16,17). The molecule has 0 radical (unpaired) electrons. The molecule has 0 spiro atoms. The van der Waals surface area contributed by atoms with Crippen molar-refractivity contribution in [1.29, 1.82) is 0 Å². The molecule has 0 amide bonds. The molecule has 20 heavy (non-hydrogen) atoms. The van der Waals surface area contributed by atoms with Gasteiger partial charge in [-0.25, -0.2) is 4.98 Å². The van der Waals surface area contributed by atoms with E-state index in [4.69, 9.17) is 5.11 Å². The van der Waals surface area contributed by atoms with Crippen molar-refractivity contribution in [1.82, 2.24) is 14.9 Å². The zero-order chi connectivity index (χ0) is 14.2. The summed E-state index contributed by atoms with van der Waals surface area (Å²) >= 11 is 0. The van der Waals surface area contributed by atoms with Gasteiger partial charge in [-0.15, -0.1) is 0 Å². The molecule has 0 bridgehead atoms. The number of nitrogens with one attached hydrogen (secondary N) is 1. The second kappa shape index (κ2) is 8.01. The highest BCUT2D eigenvalue weighted by Crippen LogP contribution is 2.15. The van der Waals surface area contributed by atoms with Crippen molar-refractivity contribution in [3.63, 3.8) is 0 Å². The molecule has 0 aromatic carbocycles. The molecule has 1 aromatic heterocycles. The van der Waals surface area contributed by atoms with Crippen LogP contribution in [0.2, 0.25) is 0 Å². The van der Waals surface area contributed by atoms with Gasteiger partial charge in [-0.2, -0.15) is 0 Å². The molecule has 0 atom stereocenters. The van der Waals surface area contributed by atoms with Gasteiger partial charge < -0.3 is 15.3 Å². The van der Waals surface area contributed by atoms with Gasteiger partial charge in [0, 0.05) is 32.7 Å². The number of hydrogen-bond donors (Lipinski definition) is 2. The van der Waals surface area contributed by atoms with Crippen LogP contribution in [0.1, 0.15) is 19.8 Å². The summed E-state index contributed by atoms with van der Waals surface area (Å²) in [5, 5.41) is 12.3. The van der Waals surface area contributed by atoms with Crippen molar-refractivity contribution in [3.8, 4) is 0 Å². The highest BCUT2D eigenvalue weighted by Gasteiger charge is 2.16. The predicted molar refractivity (Wildman–Crippen MR) is 81.2 cm³/mol. The van der Waals surface area contributed by atoms with Crippen molar-refractivity contribution < 1.29 is 5.11 Å². The summed E-state index contributed by atoms with van der Waals surface area (Å²) in [6, 6.07) is 0. The highest BCUT2D eigenvalue weighted by molar-refractivity contribution is 5.43. The van der Waals surface area contributed by atoms with Crippen LogP contribution in [0, 0.1) is 0 Å². The number of hydrogen-bond acceptors (Lipinski definition) is 6. The third kappa shape index (κ3) is 4.31. The van der Waals surface area contributed by atoms with Crippen LogP contribution in [0.4, 0.5) is 11.6 Å². The summed E-state index contributed by atoms with van der Waals surface area (Å²) in [7, 11) is 0. The van der Waals surface area contributed by atoms with E-state index in [0.717, 1.165) is 63.7 Å². The van der Waals surface area contributed by atoms with Crippen LogP contribution in [0.25, 0.3) is 0 Å². The minimum Gasteiger partial charge on any atom is -0.395 e. The van der Waals surface area contributed by atoms with E-state index in [0.29, 0.717) is 0 Å². The molecule has 0 saturated carbocycles. The molecule has 2 N–H and O–H groups in total. The summed E-state index contributed by atoms with van der Waals surface area (Å²) in [6.07, 6.45) is 5.77. The van der Waals surface area contributed by atoms with Gasteiger partial charge in [-0.3, -0.25) is 9.88 Å². The van der Waals surface area contributed by atoms with Crippen molar-refractivity contribution in [2.75, 3.05) is 56.1 Å². The van der Waals surface area contributed by atoms with Crippen molar-refractivity contribution >= 4 is 11.6 Å². The summed E-state index contributed by atoms with van der Waals surface area (Å²) < 4.78 is 0. The van der Waals surface area contributed by atoms with Gasteiger partial charge in [-0.05, 0) is 19.4 Å². The Hall–Kier alpha value is -1.40. The molecule has 0 aliphatic carbocycles. The Kier molecular flexibility index (Phi) is 6.01. The van der Waals surface area contributed by atoms with Crippen LogP contribution in [0.5, 0.6) is 0 Å². The van der Waals surface area contributed by atoms with E-state index in [1.807, 2.05) is 6.20 Å². The van der Waals surface area contributed by atoms with E-state index in [1.165, 1.54) is 0 Å². The lowest BCUT2D eigenvalue weighted by molar-refractivity contribution is 0.204. The number of anilines is 2. The van der Waals surface area contributed by atoms with E-state index in [-0.39, 0.29) is 6.61 Å². The fourth-order valence-electron chi connectivity index (χ4n) is 2.41. The molecular weight excluding hydrogens is 254 g/mol. The Morgan fingerprint density at radius 1 is 1.25 bits per heavy atom. The minimum atomic E-state index is 0.232. The molecule has 112 valence electrons. The predicted octanol–water partition coefficient (Wildman–Crippen LogP) is 0.803. The molecule has 6 heteroatoms. The van der Waals surface area contributed by atoms with E-state index < -0.39 is 0 Å². The number of aliphatic hydroxyl groups excluding tert-OH is 1. The van der Waals surface area contributed by atoms with E-state index >= 15 is 0 Å². The van der Waals surface area contributed by atoms with Crippen molar-refractivity contribution in [2.45, 2.75) is 19.8 Å². The Bertz CT molecular complexity index is 401. The first-order chi connectivity index (χ1) is 9.83. The number of aliphatic hydroxyl groups is 1. The third-order valence-corrected chi connectivity index (χ3v) is 3.51. The Labute approximate surface area is 120 Å². The second-order valence-electron chi connectivity index (χ2n) is 5.10. The summed E-state index contributed by atoms with van der Waals surface area (Å²) in [6.45, 7) is 7.98. The maximum absolute atomic E-state index is 9.03. The number of rotatable bonds is 6. The van der Waals surface area contributed by atoms with Crippen LogP contribution >= 0.6 is 0 Å². The zero-order valence-electron chi connectivity index (χ0n) is 12.3. The van der Waals surface area contributed by atoms with Gasteiger partial charge in [0.15, 0.2) is 0 Å². The summed E-state index contributed by atoms with van der Waals surface area (Å²) in [5.74, 6) is 1.79. The molecule has 6 nitrogen and oxygen atoms in total. The normalized spacial score (nSPS) is 17.0. The smallest absolute Gasteiger partial charge is 0.149 e. The average Bonchev–Trinajstić information content (AvgIpc) is 2.72. The highest BCUT2D eigenvalue weighted by atomic mass is 16.3. The number of aromatic nitrogens is 2. The minimum absolute atomic E-state index is 0.232. The van der Waals surface area contributed by atoms with Crippen LogP contribution in [-0.4, -0.2) is 65.8 Å². The zero-order valence-corrected chi connectivity index (χ0v) is 12.3. The van der Waals surface area contributed by atoms with Crippen LogP contribution < -0.4 is 10.2 Å². The van der Waals surface area contributed by atoms with E-state index in [2.05, 4.69) is 32.0 Å². The second-order valence-corrected chi connectivity index (χ2v) is 5.10. The fraction of sp³-hybridized carbons (Fsp3) is 0.714. The molecule has 1 aliphatic rings. The fourth-order valence-corrected chi connectivity index (χ4v) is 2.41. The molecule has 2 heterocycles. The topological polar surface area (TPSA) is 64.5 Å². The van der Waals surface area contributed by atoms with Gasteiger partial charge in [0.2, 0.25) is 0 Å². The molecule has 1 fully saturated rings. The molecular formula is C14H25N5O. The van der Waals surface area contributed by atoms with Crippen LogP contribution in [0.3, 0.4) is 0 Å². The van der Waals surface area contributed by atoms with Gasteiger partial charge in [-0.1, -0.05) is 6.92 Å². The number of nitrogens with zero attached hydrogens (tertiary/aromatic N) is 4. The van der Waals surface area contributed by atoms with Gasteiger partial charge in [0.05, 0.1) is 19.0 Å². The first-order valence-corrected chi connectivity index (χ1v) is 7.47. The Balaban J connectivity index is 1.96. The quantitative estimate of drug-likeness (QED) is 0.803. The molecule has 1 aliphatic heterocycles. The third-order valence-electron chi connectivity index (χ3n) is 3.51. The monoisotopic (exact) mass is 279 g/mol. The largest absolute Gasteiger partial charge is 0.395 e. The summed E-state index contributed by atoms with van der Waals surface area (Å²) in [4.78, 5) is 13.5. The van der Waals surface area contributed by atoms with E-state index in [9.17, 15) is 0 Å². The maximum Gasteiger partial charge on any atom is 0.149 e. The first-order valence-electron chi connectivity index (χ1n) is 7.47. The van der Waals surface area contributed by atoms with Crippen LogP contribution in [0.15, 0.2) is 12.4 Å². The SMILES string of the molecule is CCCNc1cncc(N2CCCN(CCO)CC2)n1. The molecule has 1 saturated heterocycles. The molecule has 0 unspecified atom stereocenters. The average molecular weight is 279 g/mol. The lowest BCUT2D eigenvalue weighted by Crippen LogP contribution is -2.32. The lowest BCUT2D eigenvalue weighted by Gasteiger charge is -2.22. The molecule has 1 aromatic rings. The van der Waals surface area contributed by atoms with Gasteiger partial charge in [0.25, 0.3) is 0 Å².